The summed E-state index contributed by atoms with van der Waals surface area (Å²) in [5, 5.41) is 2.69. The van der Waals surface area contributed by atoms with Gasteiger partial charge in [0.15, 0.2) is 0 Å². The molecule has 0 fully saturated rings. The molecule has 0 atom stereocenters. The van der Waals surface area contributed by atoms with E-state index in [2.05, 4.69) is 29.1 Å². The van der Waals surface area contributed by atoms with E-state index < -0.39 is 17.9 Å². The van der Waals surface area contributed by atoms with Crippen LogP contribution in [0.25, 0.3) is 0 Å². The first-order valence-corrected chi connectivity index (χ1v) is 7.06. The molecule has 0 radical (unpaired) electrons. The summed E-state index contributed by atoms with van der Waals surface area (Å²) in [6, 6.07) is 7.30. The fourth-order valence-corrected chi connectivity index (χ4v) is 2.05. The highest BCUT2D eigenvalue weighted by Gasteiger charge is 2.34. The van der Waals surface area contributed by atoms with E-state index in [1.165, 1.54) is 0 Å². The molecule has 1 aromatic carbocycles. The van der Waals surface area contributed by atoms with Crippen molar-refractivity contribution in [1.29, 1.82) is 0 Å². The Hall–Kier alpha value is -2.44. The van der Waals surface area contributed by atoms with Gasteiger partial charge in [0.05, 0.1) is 5.56 Å². The molecule has 0 aliphatic heterocycles. The monoisotopic (exact) mass is 323 g/mol. The fourth-order valence-electron chi connectivity index (χ4n) is 2.05. The maximum absolute atomic E-state index is 12.4. The van der Waals surface area contributed by atoms with Gasteiger partial charge in [-0.3, -0.25) is 4.79 Å². The molecule has 2 aromatic rings. The number of nitrogens with zero attached hydrogens (tertiary/aromatic N) is 2. The van der Waals surface area contributed by atoms with Crippen molar-refractivity contribution in [2.45, 2.75) is 26.4 Å². The van der Waals surface area contributed by atoms with Crippen molar-refractivity contribution in [3.05, 3.63) is 53.6 Å². The Labute approximate surface area is 131 Å². The number of para-hydroxylation sites is 1. The van der Waals surface area contributed by atoms with Crippen molar-refractivity contribution in [1.82, 2.24) is 9.97 Å². The third-order valence-corrected chi connectivity index (χ3v) is 3.06. The number of halogens is 3. The molecule has 0 aliphatic rings. The number of carbonyl (C=O) groups excluding carboxylic acids is 1. The molecule has 7 heteroatoms. The molecule has 2 rings (SSSR count). The van der Waals surface area contributed by atoms with E-state index in [1.807, 2.05) is 12.1 Å². The van der Waals surface area contributed by atoms with Crippen LogP contribution in [0.15, 0.2) is 36.7 Å². The Balaban J connectivity index is 2.16. The van der Waals surface area contributed by atoms with Crippen molar-refractivity contribution in [3.63, 3.8) is 0 Å². The van der Waals surface area contributed by atoms with Crippen molar-refractivity contribution >= 4 is 11.6 Å². The molecular weight excluding hydrogens is 307 g/mol. The summed E-state index contributed by atoms with van der Waals surface area (Å²) < 4.78 is 37.2. The Morgan fingerprint density at radius 1 is 1.17 bits per heavy atom. The number of nitrogens with one attached hydrogen (secondary N) is 1. The first-order valence-electron chi connectivity index (χ1n) is 7.06. The molecule has 0 saturated heterocycles. The van der Waals surface area contributed by atoms with Crippen LogP contribution in [0, 0.1) is 5.92 Å². The number of benzene rings is 1. The topological polar surface area (TPSA) is 54.9 Å². The van der Waals surface area contributed by atoms with E-state index in [-0.39, 0.29) is 5.56 Å². The lowest BCUT2D eigenvalue weighted by Gasteiger charge is -2.12. The number of alkyl halides is 3. The summed E-state index contributed by atoms with van der Waals surface area (Å²) in [4.78, 5) is 18.5. The van der Waals surface area contributed by atoms with E-state index in [9.17, 15) is 18.0 Å². The number of hydrogen-bond acceptors (Lipinski definition) is 3. The Kier molecular flexibility index (Phi) is 4.98. The average molecular weight is 323 g/mol. The van der Waals surface area contributed by atoms with Crippen LogP contribution in [0.5, 0.6) is 0 Å². The van der Waals surface area contributed by atoms with Crippen molar-refractivity contribution in [3.8, 4) is 0 Å². The number of rotatable bonds is 4. The Morgan fingerprint density at radius 2 is 1.78 bits per heavy atom. The number of carbonyl (C=O) groups is 1. The fraction of sp³-hybridized carbons (Fsp3) is 0.312. The summed E-state index contributed by atoms with van der Waals surface area (Å²) in [5.74, 6) is -1.41. The van der Waals surface area contributed by atoms with Crippen molar-refractivity contribution in [2.75, 3.05) is 5.32 Å². The second-order valence-electron chi connectivity index (χ2n) is 5.50. The zero-order chi connectivity index (χ0) is 17.0. The minimum atomic E-state index is -4.63. The van der Waals surface area contributed by atoms with Gasteiger partial charge < -0.3 is 5.32 Å². The average Bonchev–Trinajstić information content (AvgIpc) is 2.48. The molecule has 4 nitrogen and oxygen atoms in total. The molecule has 1 N–H and O–H groups in total. The van der Waals surface area contributed by atoms with Gasteiger partial charge in [-0.05, 0) is 24.0 Å². The van der Waals surface area contributed by atoms with E-state index in [0.29, 0.717) is 11.6 Å². The van der Waals surface area contributed by atoms with E-state index in [0.717, 1.165) is 24.4 Å². The Bertz CT molecular complexity index is 682. The standard InChI is InChI=1S/C16H16F3N3O/c1-10(2)7-11-5-3-4-6-13(11)22-14(23)12-8-20-15(21-9-12)16(17,18)19/h3-6,8-10H,7H2,1-2H3,(H,22,23). The van der Waals surface area contributed by atoms with Crippen molar-refractivity contribution in [2.24, 2.45) is 5.92 Å². The predicted molar refractivity (Wildman–Crippen MR) is 80.0 cm³/mol. The molecule has 1 aromatic heterocycles. The molecule has 0 aliphatic carbocycles. The van der Waals surface area contributed by atoms with Crippen LogP contribution in [0.3, 0.4) is 0 Å². The van der Waals surface area contributed by atoms with Gasteiger partial charge in [-0.25, -0.2) is 9.97 Å². The summed E-state index contributed by atoms with van der Waals surface area (Å²) in [7, 11) is 0. The predicted octanol–water partition coefficient (Wildman–Crippen LogP) is 3.95. The van der Waals surface area contributed by atoms with Gasteiger partial charge >= 0.3 is 6.18 Å². The maximum atomic E-state index is 12.4. The number of anilines is 1. The maximum Gasteiger partial charge on any atom is 0.451 e. The van der Waals surface area contributed by atoms with Gasteiger partial charge in [0.25, 0.3) is 5.91 Å². The Morgan fingerprint density at radius 3 is 2.35 bits per heavy atom. The number of aromatic nitrogens is 2. The van der Waals surface area contributed by atoms with Crippen molar-refractivity contribution < 1.29 is 18.0 Å². The van der Waals surface area contributed by atoms with E-state index >= 15 is 0 Å². The van der Waals surface area contributed by atoms with Gasteiger partial charge in [0.2, 0.25) is 5.82 Å². The molecule has 0 saturated carbocycles. The minimum absolute atomic E-state index is 0.0302. The number of amides is 1. The molecular formula is C16H16F3N3O. The smallest absolute Gasteiger partial charge is 0.322 e. The molecule has 0 spiro atoms. The van der Waals surface area contributed by atoms with E-state index in [1.54, 1.807) is 12.1 Å². The molecule has 0 unspecified atom stereocenters. The highest BCUT2D eigenvalue weighted by molar-refractivity contribution is 6.04. The lowest BCUT2D eigenvalue weighted by Crippen LogP contribution is -2.17. The van der Waals surface area contributed by atoms with Gasteiger partial charge in [-0.1, -0.05) is 32.0 Å². The second-order valence-corrected chi connectivity index (χ2v) is 5.50. The van der Waals surface area contributed by atoms with Crippen LogP contribution < -0.4 is 5.32 Å². The third-order valence-electron chi connectivity index (χ3n) is 3.06. The summed E-state index contributed by atoms with van der Waals surface area (Å²) in [6.07, 6.45) is -2.11. The third kappa shape index (κ3) is 4.51. The van der Waals surface area contributed by atoms with Crippen LogP contribution in [0.4, 0.5) is 18.9 Å². The second kappa shape index (κ2) is 6.76. The zero-order valence-corrected chi connectivity index (χ0v) is 12.7. The van der Waals surface area contributed by atoms with E-state index in [4.69, 9.17) is 0 Å². The quantitative estimate of drug-likeness (QED) is 0.927. The highest BCUT2D eigenvalue weighted by Crippen LogP contribution is 2.25. The first-order chi connectivity index (χ1) is 10.8. The van der Waals surface area contributed by atoms with Crippen LogP contribution in [-0.2, 0) is 12.6 Å². The molecule has 0 bridgehead atoms. The lowest BCUT2D eigenvalue weighted by molar-refractivity contribution is -0.145. The SMILES string of the molecule is CC(C)Cc1ccccc1NC(=O)c1cnc(C(F)(F)F)nc1. The van der Waals surface area contributed by atoms with Crippen LogP contribution >= 0.6 is 0 Å². The van der Waals surface area contributed by atoms with Gasteiger partial charge in [0, 0.05) is 18.1 Å². The largest absolute Gasteiger partial charge is 0.451 e. The molecule has 122 valence electrons. The van der Waals surface area contributed by atoms with Crippen LogP contribution in [0.1, 0.15) is 35.6 Å². The van der Waals surface area contributed by atoms with Gasteiger partial charge in [-0.15, -0.1) is 0 Å². The lowest BCUT2D eigenvalue weighted by atomic mass is 10.0. The highest BCUT2D eigenvalue weighted by atomic mass is 19.4. The summed E-state index contributed by atoms with van der Waals surface area (Å²) in [5.41, 5.74) is 1.56. The normalized spacial score (nSPS) is 11.6. The molecule has 1 amide bonds. The minimum Gasteiger partial charge on any atom is -0.322 e. The first kappa shape index (κ1) is 16.9. The van der Waals surface area contributed by atoms with Crippen LogP contribution in [-0.4, -0.2) is 15.9 Å². The van der Waals surface area contributed by atoms with Gasteiger partial charge in [-0.2, -0.15) is 13.2 Å². The summed E-state index contributed by atoms with van der Waals surface area (Å²) in [6.45, 7) is 4.12. The molecule has 1 heterocycles. The number of hydrogen-bond donors (Lipinski definition) is 1. The van der Waals surface area contributed by atoms with Gasteiger partial charge in [0.1, 0.15) is 0 Å². The molecule has 23 heavy (non-hydrogen) atoms. The van der Waals surface area contributed by atoms with Crippen LogP contribution in [0.2, 0.25) is 0 Å². The summed E-state index contributed by atoms with van der Waals surface area (Å²) >= 11 is 0. The zero-order valence-electron chi connectivity index (χ0n) is 12.7.